The van der Waals surface area contributed by atoms with Crippen LogP contribution in [0.2, 0.25) is 0 Å². The van der Waals surface area contributed by atoms with Gasteiger partial charge in [0.15, 0.2) is 0 Å². The minimum atomic E-state index is 0.151. The second-order valence-electron chi connectivity index (χ2n) is 5.37. The molecule has 1 heterocycles. The zero-order valence-electron chi connectivity index (χ0n) is 12.1. The van der Waals surface area contributed by atoms with Crippen molar-refractivity contribution in [3.05, 3.63) is 65.7 Å². The fraction of sp³-hybridized carbons (Fsp3) is 0.278. The van der Waals surface area contributed by atoms with Gasteiger partial charge in [-0.3, -0.25) is 4.79 Å². The highest BCUT2D eigenvalue weighted by Crippen LogP contribution is 2.26. The van der Waals surface area contributed by atoms with Crippen molar-refractivity contribution < 1.29 is 4.79 Å². The number of hydrogen-bond acceptors (Lipinski definition) is 2. The van der Waals surface area contributed by atoms with E-state index in [0.29, 0.717) is 6.54 Å². The number of carbonyl (C=O) groups excluding carboxylic acids is 1. The molecule has 0 fully saturated rings. The Bertz CT molecular complexity index is 610. The molecule has 0 atom stereocenters. The quantitative estimate of drug-likeness (QED) is 0.934. The molecule has 0 bridgehead atoms. The lowest BCUT2D eigenvalue weighted by atomic mass is 10.0. The van der Waals surface area contributed by atoms with Gasteiger partial charge in [0.1, 0.15) is 0 Å². The molecule has 0 saturated carbocycles. The summed E-state index contributed by atoms with van der Waals surface area (Å²) in [5.41, 5.74) is 3.56. The van der Waals surface area contributed by atoms with Gasteiger partial charge in [0.2, 0.25) is 5.91 Å². The number of anilines is 1. The normalized spacial score (nSPS) is 13.8. The van der Waals surface area contributed by atoms with Crippen molar-refractivity contribution in [2.45, 2.75) is 19.4 Å². The molecular weight excluding hydrogens is 260 g/mol. The van der Waals surface area contributed by atoms with E-state index in [-0.39, 0.29) is 5.91 Å². The van der Waals surface area contributed by atoms with Crippen molar-refractivity contribution in [1.82, 2.24) is 5.32 Å². The number of carbonyl (C=O) groups is 1. The average Bonchev–Trinajstić information content (AvgIpc) is 2.55. The van der Waals surface area contributed by atoms with E-state index >= 15 is 0 Å². The van der Waals surface area contributed by atoms with Crippen molar-refractivity contribution in [2.24, 2.45) is 0 Å². The van der Waals surface area contributed by atoms with Crippen LogP contribution in [0.25, 0.3) is 0 Å². The number of amides is 1. The van der Waals surface area contributed by atoms with Crippen LogP contribution in [-0.4, -0.2) is 19.0 Å². The molecule has 0 radical (unpaired) electrons. The van der Waals surface area contributed by atoms with Gasteiger partial charge in [-0.2, -0.15) is 0 Å². The van der Waals surface area contributed by atoms with Crippen molar-refractivity contribution in [1.29, 1.82) is 0 Å². The lowest BCUT2D eigenvalue weighted by Crippen LogP contribution is -2.41. The Balaban J connectivity index is 1.59. The van der Waals surface area contributed by atoms with Crippen LogP contribution >= 0.6 is 0 Å². The highest BCUT2D eigenvalue weighted by atomic mass is 16.2. The van der Waals surface area contributed by atoms with Gasteiger partial charge in [-0.25, -0.2) is 0 Å². The number of rotatable bonds is 4. The minimum Gasteiger partial charge on any atom is -0.311 e. The van der Waals surface area contributed by atoms with Gasteiger partial charge in [-0.15, -0.1) is 0 Å². The van der Waals surface area contributed by atoms with Crippen molar-refractivity contribution >= 4 is 11.6 Å². The molecule has 3 rings (SSSR count). The van der Waals surface area contributed by atoms with E-state index in [1.807, 2.05) is 41.3 Å². The van der Waals surface area contributed by atoms with Gasteiger partial charge in [-0.1, -0.05) is 48.5 Å². The zero-order chi connectivity index (χ0) is 14.5. The van der Waals surface area contributed by atoms with Gasteiger partial charge in [0, 0.05) is 18.8 Å². The maximum absolute atomic E-state index is 12.4. The van der Waals surface area contributed by atoms with Crippen LogP contribution in [0.4, 0.5) is 5.69 Å². The molecule has 1 aliphatic rings. The van der Waals surface area contributed by atoms with Crippen LogP contribution in [0, 0.1) is 0 Å². The monoisotopic (exact) mass is 280 g/mol. The molecule has 1 N–H and O–H groups in total. The van der Waals surface area contributed by atoms with Gasteiger partial charge in [0.25, 0.3) is 0 Å². The summed E-state index contributed by atoms with van der Waals surface area (Å²) in [4.78, 5) is 14.3. The number of fused-ring (bicyclic) bond motifs is 1. The fourth-order valence-electron chi connectivity index (χ4n) is 2.80. The minimum absolute atomic E-state index is 0.151. The molecule has 1 amide bonds. The van der Waals surface area contributed by atoms with Crippen molar-refractivity contribution in [3.8, 4) is 0 Å². The Morgan fingerprint density at radius 1 is 1.05 bits per heavy atom. The number of nitrogens with one attached hydrogen (secondary N) is 1. The first-order chi connectivity index (χ1) is 10.3. The third kappa shape index (κ3) is 3.31. The smallest absolute Gasteiger partial charge is 0.240 e. The Kier molecular flexibility index (Phi) is 4.31. The SMILES string of the molecule is O=C(CNCc1ccccc1)N1CCCc2ccccc21. The zero-order valence-corrected chi connectivity index (χ0v) is 12.1. The molecule has 0 spiro atoms. The second-order valence-corrected chi connectivity index (χ2v) is 5.37. The average molecular weight is 280 g/mol. The summed E-state index contributed by atoms with van der Waals surface area (Å²) >= 11 is 0. The summed E-state index contributed by atoms with van der Waals surface area (Å²) in [5.74, 6) is 0.151. The molecule has 21 heavy (non-hydrogen) atoms. The largest absolute Gasteiger partial charge is 0.311 e. The summed E-state index contributed by atoms with van der Waals surface area (Å²) in [5, 5.41) is 3.24. The topological polar surface area (TPSA) is 32.3 Å². The van der Waals surface area contributed by atoms with Crippen LogP contribution in [0.5, 0.6) is 0 Å². The first-order valence-electron chi connectivity index (χ1n) is 7.47. The van der Waals surface area contributed by atoms with Gasteiger partial charge in [0.05, 0.1) is 6.54 Å². The van der Waals surface area contributed by atoms with E-state index in [9.17, 15) is 4.79 Å². The molecule has 1 aliphatic heterocycles. The Labute approximate surface area is 125 Å². The predicted molar refractivity (Wildman–Crippen MR) is 85.3 cm³/mol. The number of nitrogens with zero attached hydrogens (tertiary/aromatic N) is 1. The van der Waals surface area contributed by atoms with E-state index in [4.69, 9.17) is 0 Å². The van der Waals surface area contributed by atoms with E-state index in [0.717, 1.165) is 31.6 Å². The summed E-state index contributed by atoms with van der Waals surface area (Å²) in [6, 6.07) is 18.4. The summed E-state index contributed by atoms with van der Waals surface area (Å²) in [7, 11) is 0. The van der Waals surface area contributed by atoms with Crippen LogP contribution in [0.15, 0.2) is 54.6 Å². The lowest BCUT2D eigenvalue weighted by molar-refractivity contribution is -0.117. The molecule has 2 aromatic rings. The van der Waals surface area contributed by atoms with Gasteiger partial charge >= 0.3 is 0 Å². The number of hydrogen-bond donors (Lipinski definition) is 1. The molecular formula is C18H20N2O. The second kappa shape index (κ2) is 6.55. The Hall–Kier alpha value is -2.13. The van der Waals surface area contributed by atoms with Crippen molar-refractivity contribution in [2.75, 3.05) is 18.0 Å². The standard InChI is InChI=1S/C18H20N2O/c21-18(14-19-13-15-7-2-1-3-8-15)20-12-6-10-16-9-4-5-11-17(16)20/h1-5,7-9,11,19H,6,10,12-14H2. The fourth-order valence-corrected chi connectivity index (χ4v) is 2.80. The highest BCUT2D eigenvalue weighted by Gasteiger charge is 2.21. The first-order valence-corrected chi connectivity index (χ1v) is 7.47. The lowest BCUT2D eigenvalue weighted by Gasteiger charge is -2.29. The van der Waals surface area contributed by atoms with Gasteiger partial charge < -0.3 is 10.2 Å². The third-order valence-corrected chi connectivity index (χ3v) is 3.86. The maximum Gasteiger partial charge on any atom is 0.240 e. The van der Waals surface area contributed by atoms with E-state index in [1.54, 1.807) is 0 Å². The molecule has 108 valence electrons. The van der Waals surface area contributed by atoms with Crippen molar-refractivity contribution in [3.63, 3.8) is 0 Å². The van der Waals surface area contributed by atoms with Crippen LogP contribution < -0.4 is 10.2 Å². The van der Waals surface area contributed by atoms with E-state index in [1.165, 1.54) is 11.1 Å². The number of benzene rings is 2. The molecule has 3 nitrogen and oxygen atoms in total. The number of aryl methyl sites for hydroxylation is 1. The molecule has 2 aromatic carbocycles. The first kappa shape index (κ1) is 13.8. The number of para-hydroxylation sites is 1. The van der Waals surface area contributed by atoms with Gasteiger partial charge in [-0.05, 0) is 30.0 Å². The van der Waals surface area contributed by atoms with Crippen LogP contribution in [0.3, 0.4) is 0 Å². The maximum atomic E-state index is 12.4. The molecule has 0 aliphatic carbocycles. The molecule has 0 saturated heterocycles. The van der Waals surface area contributed by atoms with Crippen LogP contribution in [0.1, 0.15) is 17.5 Å². The highest BCUT2D eigenvalue weighted by molar-refractivity contribution is 5.95. The summed E-state index contributed by atoms with van der Waals surface area (Å²) in [6.07, 6.45) is 2.11. The Morgan fingerprint density at radius 3 is 2.67 bits per heavy atom. The summed E-state index contributed by atoms with van der Waals surface area (Å²) in [6.45, 7) is 1.92. The molecule has 3 heteroatoms. The predicted octanol–water partition coefficient (Wildman–Crippen LogP) is 2.76. The van der Waals surface area contributed by atoms with Crippen LogP contribution in [-0.2, 0) is 17.8 Å². The molecule has 0 aromatic heterocycles. The third-order valence-electron chi connectivity index (χ3n) is 3.86. The van der Waals surface area contributed by atoms with E-state index in [2.05, 4.69) is 23.5 Å². The summed E-state index contributed by atoms with van der Waals surface area (Å²) < 4.78 is 0. The van der Waals surface area contributed by atoms with E-state index < -0.39 is 0 Å². The molecule has 0 unspecified atom stereocenters. The Morgan fingerprint density at radius 2 is 1.81 bits per heavy atom.